The number of nitrogens with zero attached hydrogens (tertiary/aromatic N) is 2. The maximum Gasteiger partial charge on any atom is 0.416 e. The van der Waals surface area contributed by atoms with E-state index in [4.69, 9.17) is 0 Å². The van der Waals surface area contributed by atoms with Gasteiger partial charge in [0.1, 0.15) is 0 Å². The van der Waals surface area contributed by atoms with E-state index in [1.165, 1.54) is 12.1 Å². The van der Waals surface area contributed by atoms with E-state index in [1.54, 1.807) is 6.07 Å². The molecule has 0 bridgehead atoms. The van der Waals surface area contributed by atoms with Crippen molar-refractivity contribution in [1.29, 1.82) is 0 Å². The Kier molecular flexibility index (Phi) is 4.18. The van der Waals surface area contributed by atoms with Gasteiger partial charge in [-0.05, 0) is 25.0 Å². The van der Waals surface area contributed by atoms with Crippen molar-refractivity contribution in [3.63, 3.8) is 0 Å². The number of rotatable bonds is 2. The Bertz CT molecular complexity index is 534. The number of aliphatic hydroxyl groups is 1. The van der Waals surface area contributed by atoms with Crippen LogP contribution in [0.1, 0.15) is 24.5 Å². The molecule has 1 N–H and O–H groups in total. The van der Waals surface area contributed by atoms with Crippen LogP contribution in [-0.4, -0.2) is 52.7 Å². The molecule has 0 saturated carbocycles. The molecule has 122 valence electrons. The highest BCUT2D eigenvalue weighted by molar-refractivity contribution is 5.25. The van der Waals surface area contributed by atoms with Gasteiger partial charge in [0.25, 0.3) is 0 Å². The Hall–Kier alpha value is -1.11. The number of aliphatic hydroxyl groups excluding tert-OH is 1. The van der Waals surface area contributed by atoms with Crippen LogP contribution < -0.4 is 0 Å². The van der Waals surface area contributed by atoms with Crippen molar-refractivity contribution < 1.29 is 18.3 Å². The zero-order valence-electron chi connectivity index (χ0n) is 12.6. The fourth-order valence-corrected chi connectivity index (χ4v) is 3.58. The summed E-state index contributed by atoms with van der Waals surface area (Å²) in [5.41, 5.74) is 0.0984. The van der Waals surface area contributed by atoms with Crippen LogP contribution in [0.3, 0.4) is 0 Å². The van der Waals surface area contributed by atoms with E-state index in [0.717, 1.165) is 25.6 Å². The summed E-state index contributed by atoms with van der Waals surface area (Å²) < 4.78 is 38.4. The van der Waals surface area contributed by atoms with Crippen LogP contribution in [0.15, 0.2) is 24.3 Å². The topological polar surface area (TPSA) is 26.7 Å². The van der Waals surface area contributed by atoms with Crippen LogP contribution in [-0.2, 0) is 12.7 Å². The highest BCUT2D eigenvalue weighted by Gasteiger charge is 2.38. The average molecular weight is 314 g/mol. The number of fused-ring (bicyclic) bond motifs is 1. The number of benzene rings is 1. The van der Waals surface area contributed by atoms with Gasteiger partial charge in [-0.15, -0.1) is 0 Å². The van der Waals surface area contributed by atoms with E-state index in [-0.39, 0.29) is 12.1 Å². The first kappa shape index (κ1) is 15.8. The van der Waals surface area contributed by atoms with Crippen LogP contribution in [0.2, 0.25) is 0 Å². The Labute approximate surface area is 128 Å². The fraction of sp³-hybridized carbons (Fsp3) is 0.625. The largest absolute Gasteiger partial charge is 0.416 e. The highest BCUT2D eigenvalue weighted by Crippen LogP contribution is 2.31. The minimum absolute atomic E-state index is 0.272. The summed E-state index contributed by atoms with van der Waals surface area (Å²) in [4.78, 5) is 4.51. The number of halogens is 3. The molecule has 3 rings (SSSR count). The van der Waals surface area contributed by atoms with Gasteiger partial charge in [0, 0.05) is 38.3 Å². The Balaban J connectivity index is 1.70. The third kappa shape index (κ3) is 3.29. The molecule has 2 aliphatic rings. The minimum atomic E-state index is -4.30. The maximum absolute atomic E-state index is 12.8. The van der Waals surface area contributed by atoms with Crippen molar-refractivity contribution in [2.45, 2.75) is 44.3 Å². The van der Waals surface area contributed by atoms with Crippen molar-refractivity contribution in [3.8, 4) is 0 Å². The quantitative estimate of drug-likeness (QED) is 0.908. The van der Waals surface area contributed by atoms with E-state index >= 15 is 0 Å². The van der Waals surface area contributed by atoms with E-state index in [2.05, 4.69) is 16.7 Å². The Morgan fingerprint density at radius 3 is 2.73 bits per heavy atom. The SMILES string of the molecule is C[C@H]1CN2C[C@H](O)CC2CN1Cc1cccc(C(F)(F)F)c1. The second kappa shape index (κ2) is 5.83. The molecule has 0 radical (unpaired) electrons. The van der Waals surface area contributed by atoms with E-state index in [9.17, 15) is 18.3 Å². The van der Waals surface area contributed by atoms with Crippen molar-refractivity contribution in [2.75, 3.05) is 19.6 Å². The molecule has 0 amide bonds. The van der Waals surface area contributed by atoms with Crippen molar-refractivity contribution >= 4 is 0 Å². The molecule has 1 unspecified atom stereocenters. The van der Waals surface area contributed by atoms with Crippen molar-refractivity contribution in [1.82, 2.24) is 9.80 Å². The average Bonchev–Trinajstić information content (AvgIpc) is 2.78. The Morgan fingerprint density at radius 2 is 2.00 bits per heavy atom. The molecular weight excluding hydrogens is 293 g/mol. The van der Waals surface area contributed by atoms with Gasteiger partial charge in [0.2, 0.25) is 0 Å². The third-order valence-electron chi connectivity index (χ3n) is 4.71. The maximum atomic E-state index is 12.8. The predicted molar refractivity (Wildman–Crippen MR) is 77.3 cm³/mol. The van der Waals surface area contributed by atoms with Crippen LogP contribution in [0.5, 0.6) is 0 Å². The molecule has 6 heteroatoms. The molecule has 2 saturated heterocycles. The molecule has 22 heavy (non-hydrogen) atoms. The molecule has 1 aromatic carbocycles. The third-order valence-corrected chi connectivity index (χ3v) is 4.71. The summed E-state index contributed by atoms with van der Waals surface area (Å²) in [6.07, 6.45) is -3.81. The van der Waals surface area contributed by atoms with E-state index in [0.29, 0.717) is 24.7 Å². The molecule has 0 spiro atoms. The van der Waals surface area contributed by atoms with Gasteiger partial charge in [-0.1, -0.05) is 18.2 Å². The van der Waals surface area contributed by atoms with Crippen molar-refractivity contribution in [2.24, 2.45) is 0 Å². The second-order valence-corrected chi connectivity index (χ2v) is 6.47. The van der Waals surface area contributed by atoms with Crippen LogP contribution in [0.4, 0.5) is 13.2 Å². The molecular formula is C16H21F3N2O. The van der Waals surface area contributed by atoms with Gasteiger partial charge < -0.3 is 5.11 Å². The zero-order valence-corrected chi connectivity index (χ0v) is 12.6. The smallest absolute Gasteiger partial charge is 0.392 e. The lowest BCUT2D eigenvalue weighted by Crippen LogP contribution is -2.54. The van der Waals surface area contributed by atoms with Gasteiger partial charge in [-0.25, -0.2) is 0 Å². The summed E-state index contributed by atoms with van der Waals surface area (Å²) in [5.74, 6) is 0. The summed E-state index contributed by atoms with van der Waals surface area (Å²) in [7, 11) is 0. The summed E-state index contributed by atoms with van der Waals surface area (Å²) in [5, 5.41) is 9.76. The standard InChI is InChI=1S/C16H21F3N2O/c1-11-7-21-10-15(22)6-14(21)9-20(11)8-12-3-2-4-13(5-12)16(17,18)19/h2-5,11,14-15,22H,6-10H2,1H3/t11-,14?,15+/m0/s1. The summed E-state index contributed by atoms with van der Waals surface area (Å²) in [6, 6.07) is 6.16. The summed E-state index contributed by atoms with van der Waals surface area (Å²) >= 11 is 0. The molecule has 2 aliphatic heterocycles. The normalized spacial score (nSPS) is 30.5. The fourth-order valence-electron chi connectivity index (χ4n) is 3.58. The molecule has 1 aromatic rings. The highest BCUT2D eigenvalue weighted by atomic mass is 19.4. The van der Waals surface area contributed by atoms with Crippen molar-refractivity contribution in [3.05, 3.63) is 35.4 Å². The molecule has 0 aromatic heterocycles. The molecule has 3 atom stereocenters. The van der Waals surface area contributed by atoms with E-state index < -0.39 is 11.7 Å². The number of hydrogen-bond donors (Lipinski definition) is 1. The summed E-state index contributed by atoms with van der Waals surface area (Å²) in [6.45, 7) is 4.99. The first-order valence-electron chi connectivity index (χ1n) is 7.65. The van der Waals surface area contributed by atoms with Gasteiger partial charge in [0.05, 0.1) is 11.7 Å². The van der Waals surface area contributed by atoms with Crippen LogP contribution in [0, 0.1) is 0 Å². The molecule has 3 nitrogen and oxygen atoms in total. The lowest BCUT2D eigenvalue weighted by molar-refractivity contribution is -0.137. The Morgan fingerprint density at radius 1 is 1.23 bits per heavy atom. The van der Waals surface area contributed by atoms with Crippen LogP contribution in [0.25, 0.3) is 0 Å². The number of hydrogen-bond acceptors (Lipinski definition) is 3. The number of piperazine rings is 1. The van der Waals surface area contributed by atoms with Gasteiger partial charge >= 0.3 is 6.18 Å². The predicted octanol–water partition coefficient (Wildman–Crippen LogP) is 2.34. The van der Waals surface area contributed by atoms with Gasteiger partial charge in [-0.3, -0.25) is 9.80 Å². The lowest BCUT2D eigenvalue weighted by Gasteiger charge is -2.42. The first-order chi connectivity index (χ1) is 10.3. The first-order valence-corrected chi connectivity index (χ1v) is 7.65. The zero-order chi connectivity index (χ0) is 15.9. The molecule has 0 aliphatic carbocycles. The van der Waals surface area contributed by atoms with Gasteiger partial charge in [0.15, 0.2) is 0 Å². The minimum Gasteiger partial charge on any atom is -0.392 e. The number of alkyl halides is 3. The van der Waals surface area contributed by atoms with Gasteiger partial charge in [-0.2, -0.15) is 13.2 Å². The van der Waals surface area contributed by atoms with E-state index in [1.807, 2.05) is 0 Å². The lowest BCUT2D eigenvalue weighted by atomic mass is 10.0. The van der Waals surface area contributed by atoms with Crippen LogP contribution >= 0.6 is 0 Å². The second-order valence-electron chi connectivity index (χ2n) is 6.47. The molecule has 2 fully saturated rings. The molecule has 2 heterocycles. The monoisotopic (exact) mass is 314 g/mol.